The van der Waals surface area contributed by atoms with Crippen LogP contribution in [0.25, 0.3) is 0 Å². The molecule has 182 valence electrons. The number of fused-ring (bicyclic) bond motifs is 2. The average Bonchev–Trinajstić information content (AvgIpc) is 3.34. The van der Waals surface area contributed by atoms with Crippen LogP contribution < -0.4 is 20.7 Å². The van der Waals surface area contributed by atoms with E-state index in [1.54, 1.807) is 12.1 Å². The van der Waals surface area contributed by atoms with E-state index in [-0.39, 0.29) is 43.9 Å². The molecule has 12 nitrogen and oxygen atoms in total. The number of aromatic amines is 1. The number of aryl methyl sites for hydroxylation is 1. The van der Waals surface area contributed by atoms with Gasteiger partial charge in [0.25, 0.3) is 11.8 Å². The summed E-state index contributed by atoms with van der Waals surface area (Å²) in [6.45, 7) is 3.28. The van der Waals surface area contributed by atoms with Crippen LogP contribution in [0, 0.1) is 6.92 Å². The van der Waals surface area contributed by atoms with Gasteiger partial charge in [-0.3, -0.25) is 24.3 Å². The largest absolute Gasteiger partial charge is 0.491 e. The fourth-order valence-electron chi connectivity index (χ4n) is 3.33. The number of ether oxygens (including phenoxy) is 1. The van der Waals surface area contributed by atoms with Crippen molar-refractivity contribution in [2.75, 3.05) is 32.8 Å². The Morgan fingerprint density at radius 3 is 2.74 bits per heavy atom. The van der Waals surface area contributed by atoms with Gasteiger partial charge in [0.15, 0.2) is 0 Å². The van der Waals surface area contributed by atoms with Crippen molar-refractivity contribution >= 4 is 23.6 Å². The number of hydrogen-bond acceptors (Lipinski definition) is 7. The number of carbonyl (C=O) groups is 4. The molecule has 0 saturated carbocycles. The van der Waals surface area contributed by atoms with Crippen LogP contribution in [-0.4, -0.2) is 88.8 Å². The molecule has 0 radical (unpaired) electrons. The first-order valence-corrected chi connectivity index (χ1v) is 10.8. The number of H-pyrrole nitrogens is 1. The fraction of sp³-hybridized carbons (Fsp3) is 0.409. The first-order valence-electron chi connectivity index (χ1n) is 10.8. The van der Waals surface area contributed by atoms with Crippen LogP contribution in [0.1, 0.15) is 33.2 Å². The number of aliphatic hydroxyl groups excluding tert-OH is 1. The van der Waals surface area contributed by atoms with Gasteiger partial charge in [0, 0.05) is 24.8 Å². The Morgan fingerprint density at radius 1 is 1.24 bits per heavy atom. The minimum absolute atomic E-state index is 0.00735. The summed E-state index contributed by atoms with van der Waals surface area (Å²) in [7, 11) is 0. The highest BCUT2D eigenvalue weighted by atomic mass is 16.5. The maximum atomic E-state index is 12.8. The minimum atomic E-state index is -1.23. The van der Waals surface area contributed by atoms with Crippen LogP contribution in [0.15, 0.2) is 30.6 Å². The normalized spacial score (nSPS) is 19.2. The number of aromatic nitrogens is 2. The van der Waals surface area contributed by atoms with Gasteiger partial charge < -0.3 is 30.7 Å². The minimum Gasteiger partial charge on any atom is -0.491 e. The topological polar surface area (TPSA) is 166 Å². The van der Waals surface area contributed by atoms with Crippen LogP contribution in [0.4, 0.5) is 0 Å². The molecule has 2 atom stereocenters. The van der Waals surface area contributed by atoms with Crippen LogP contribution >= 0.6 is 0 Å². The molecule has 1 aliphatic rings. The summed E-state index contributed by atoms with van der Waals surface area (Å²) in [5.41, 5.74) is 1.30. The zero-order valence-corrected chi connectivity index (χ0v) is 19.0. The molecule has 2 heterocycles. The molecule has 3 rings (SSSR count). The summed E-state index contributed by atoms with van der Waals surface area (Å²) in [5, 5.41) is 24.2. The van der Waals surface area contributed by atoms with Gasteiger partial charge in [0.2, 0.25) is 11.8 Å². The van der Waals surface area contributed by atoms with Crippen molar-refractivity contribution < 1.29 is 29.0 Å². The number of nitrogens with zero attached hydrogens (tertiary/aromatic N) is 2. The summed E-state index contributed by atoms with van der Waals surface area (Å²) in [6, 6.07) is 3.60. The molecule has 2 bridgehead atoms. The zero-order chi connectivity index (χ0) is 24.7. The lowest BCUT2D eigenvalue weighted by Gasteiger charge is -2.24. The number of hydrogen-bond donors (Lipinski definition) is 5. The van der Waals surface area contributed by atoms with Gasteiger partial charge in [0.05, 0.1) is 31.0 Å². The Labute approximate surface area is 196 Å². The third kappa shape index (κ3) is 6.32. The fourth-order valence-corrected chi connectivity index (χ4v) is 3.33. The van der Waals surface area contributed by atoms with Gasteiger partial charge in [-0.25, -0.2) is 0 Å². The van der Waals surface area contributed by atoms with E-state index >= 15 is 0 Å². The molecule has 2 aromatic rings. The molecule has 4 amide bonds. The molecule has 0 unspecified atom stereocenters. The number of nitrogens with one attached hydrogen (secondary N) is 4. The highest BCUT2D eigenvalue weighted by molar-refractivity contribution is 5.98. The standard InChI is InChI=1S/C22H28N6O6/c1-13-3-4-15-9-17(13)34-8-6-23-18(30)12-28(22(33)16-10-25-26-11-16)7-5-24-21(32)19(14(2)29)27-20(15)31/h3-4,9-11,14,19,29H,5-8,12H2,1-2H3,(H,23,30)(H,24,32)(H,25,26)(H,27,31)/t14-,19+/m1/s1. The van der Waals surface area contributed by atoms with Gasteiger partial charge >= 0.3 is 0 Å². The lowest BCUT2D eigenvalue weighted by molar-refractivity contribution is -0.125. The quantitative estimate of drug-likeness (QED) is 0.372. The van der Waals surface area contributed by atoms with Crippen LogP contribution in [-0.2, 0) is 9.59 Å². The molecule has 0 saturated heterocycles. The van der Waals surface area contributed by atoms with E-state index in [0.717, 1.165) is 5.56 Å². The van der Waals surface area contributed by atoms with Crippen molar-refractivity contribution in [3.63, 3.8) is 0 Å². The van der Waals surface area contributed by atoms with Crippen molar-refractivity contribution in [2.24, 2.45) is 0 Å². The summed E-state index contributed by atoms with van der Waals surface area (Å²) < 4.78 is 5.71. The predicted octanol–water partition coefficient (Wildman–Crippen LogP) is -1.04. The van der Waals surface area contributed by atoms with Crippen molar-refractivity contribution in [2.45, 2.75) is 26.0 Å². The molecule has 0 fully saturated rings. The Kier molecular flexibility index (Phi) is 8.19. The van der Waals surface area contributed by atoms with Crippen molar-refractivity contribution in [3.8, 4) is 5.75 Å². The maximum Gasteiger partial charge on any atom is 0.257 e. The molecule has 1 aromatic carbocycles. The number of amides is 4. The predicted molar refractivity (Wildman–Crippen MR) is 120 cm³/mol. The zero-order valence-electron chi connectivity index (χ0n) is 19.0. The third-order valence-electron chi connectivity index (χ3n) is 5.23. The van der Waals surface area contributed by atoms with Gasteiger partial charge in [-0.15, -0.1) is 0 Å². The van der Waals surface area contributed by atoms with Crippen molar-refractivity contribution in [1.82, 2.24) is 31.0 Å². The molecule has 34 heavy (non-hydrogen) atoms. The molecule has 5 N–H and O–H groups in total. The summed E-state index contributed by atoms with van der Waals surface area (Å²) in [5.74, 6) is -1.59. The highest BCUT2D eigenvalue weighted by Crippen LogP contribution is 2.19. The van der Waals surface area contributed by atoms with E-state index in [1.165, 1.54) is 30.3 Å². The number of carbonyl (C=O) groups excluding carboxylic acids is 4. The van der Waals surface area contributed by atoms with Gasteiger partial charge in [-0.1, -0.05) is 6.07 Å². The van der Waals surface area contributed by atoms with Crippen LogP contribution in [0.3, 0.4) is 0 Å². The summed E-state index contributed by atoms with van der Waals surface area (Å²) >= 11 is 0. The second-order valence-corrected chi connectivity index (χ2v) is 7.88. The molecular formula is C22H28N6O6. The van der Waals surface area contributed by atoms with Gasteiger partial charge in [-0.2, -0.15) is 5.10 Å². The molecular weight excluding hydrogens is 444 g/mol. The first-order chi connectivity index (χ1) is 16.3. The average molecular weight is 473 g/mol. The second kappa shape index (κ2) is 11.3. The van der Waals surface area contributed by atoms with Gasteiger partial charge in [-0.05, 0) is 31.5 Å². The smallest absolute Gasteiger partial charge is 0.257 e. The number of benzene rings is 1. The van der Waals surface area contributed by atoms with E-state index in [4.69, 9.17) is 4.74 Å². The van der Waals surface area contributed by atoms with Crippen LogP contribution in [0.2, 0.25) is 0 Å². The SMILES string of the molecule is Cc1ccc2cc1OCCNC(=O)CN(C(=O)c1cn[nH]c1)CCNC(=O)[C@H]([C@@H](C)O)NC2=O. The van der Waals surface area contributed by atoms with E-state index in [1.807, 2.05) is 6.92 Å². The van der Waals surface area contributed by atoms with E-state index < -0.39 is 35.8 Å². The van der Waals surface area contributed by atoms with Gasteiger partial charge in [0.1, 0.15) is 18.4 Å². The molecule has 1 aromatic heterocycles. The molecule has 0 aliphatic carbocycles. The Morgan fingerprint density at radius 2 is 2.03 bits per heavy atom. The lowest BCUT2D eigenvalue weighted by Crippen LogP contribution is -2.53. The first kappa shape index (κ1) is 24.7. The van der Waals surface area contributed by atoms with E-state index in [0.29, 0.717) is 5.75 Å². The van der Waals surface area contributed by atoms with E-state index in [2.05, 4.69) is 26.1 Å². The second-order valence-electron chi connectivity index (χ2n) is 7.88. The van der Waals surface area contributed by atoms with Crippen LogP contribution in [0.5, 0.6) is 5.75 Å². The highest BCUT2D eigenvalue weighted by Gasteiger charge is 2.27. The number of aliphatic hydroxyl groups is 1. The lowest BCUT2D eigenvalue weighted by atomic mass is 10.1. The Balaban J connectivity index is 1.82. The van der Waals surface area contributed by atoms with Crippen molar-refractivity contribution in [3.05, 3.63) is 47.3 Å². The number of rotatable bonds is 2. The molecule has 1 aliphatic heterocycles. The Bertz CT molecular complexity index is 1040. The third-order valence-corrected chi connectivity index (χ3v) is 5.23. The summed E-state index contributed by atoms with van der Waals surface area (Å²) in [4.78, 5) is 51.9. The van der Waals surface area contributed by atoms with E-state index in [9.17, 15) is 24.3 Å². The van der Waals surface area contributed by atoms with Crippen molar-refractivity contribution in [1.29, 1.82) is 0 Å². The molecule has 12 heteroatoms. The summed E-state index contributed by atoms with van der Waals surface area (Å²) in [6.07, 6.45) is 1.57. The Hall–Kier alpha value is -3.93. The molecule has 0 spiro atoms. The monoisotopic (exact) mass is 472 g/mol. The maximum absolute atomic E-state index is 12.8.